The Balaban J connectivity index is 2.22. The Morgan fingerprint density at radius 1 is 0.971 bits per heavy atom. The van der Waals surface area contributed by atoms with Crippen molar-refractivity contribution in [2.45, 2.75) is 38.0 Å². The van der Waals surface area contributed by atoms with E-state index in [2.05, 4.69) is 32.6 Å². The van der Waals surface area contributed by atoms with Gasteiger partial charge in [0.2, 0.25) is 5.84 Å². The Hall–Kier alpha value is -2.63. The molecule has 5 nitrogen and oxygen atoms in total. The maximum atomic E-state index is 13.8. The third-order valence-corrected chi connectivity index (χ3v) is 5.04. The van der Waals surface area contributed by atoms with Crippen molar-refractivity contribution in [3.8, 4) is 11.8 Å². The summed E-state index contributed by atoms with van der Waals surface area (Å²) < 4.78 is 120. The molecule has 0 aromatic heterocycles. The van der Waals surface area contributed by atoms with Gasteiger partial charge >= 0.3 is 18.5 Å². The van der Waals surface area contributed by atoms with E-state index in [1.165, 1.54) is 0 Å². The van der Waals surface area contributed by atoms with E-state index in [0.29, 0.717) is 23.6 Å². The molecule has 1 atom stereocenters. The van der Waals surface area contributed by atoms with E-state index in [1.807, 2.05) is 0 Å². The zero-order valence-corrected chi connectivity index (χ0v) is 18.7. The molecule has 3 rings (SSSR count). The zero-order chi connectivity index (χ0) is 26.3. The molecule has 190 valence electrons. The van der Waals surface area contributed by atoms with Crippen molar-refractivity contribution in [3.05, 3.63) is 39.1 Å². The Bertz CT molecular complexity index is 1150. The highest BCUT2D eigenvalue weighted by molar-refractivity contribution is 6.39. The molecule has 1 aromatic carbocycles. The molecule has 16 heteroatoms. The van der Waals surface area contributed by atoms with E-state index in [0.717, 1.165) is 0 Å². The molecule has 0 fully saturated rings. The molecule has 35 heavy (non-hydrogen) atoms. The van der Waals surface area contributed by atoms with E-state index < -0.39 is 68.9 Å². The van der Waals surface area contributed by atoms with Crippen molar-refractivity contribution < 1.29 is 39.5 Å². The normalized spacial score (nSPS) is 18.6. The fraction of sp³-hybridized carbons (Fsp3) is 0.368. The number of hydrogen-bond donors (Lipinski definition) is 2. The number of aliphatic imine (C=N–C) groups is 2. The second kappa shape index (κ2) is 9.44. The highest BCUT2D eigenvalue weighted by Gasteiger charge is 2.52. The summed E-state index contributed by atoms with van der Waals surface area (Å²) in [5.41, 5.74) is -2.20. The number of rotatable bonds is 3. The average molecular weight is 552 g/mol. The van der Waals surface area contributed by atoms with Gasteiger partial charge in [-0.1, -0.05) is 36.0 Å². The van der Waals surface area contributed by atoms with Gasteiger partial charge in [-0.2, -0.15) is 44.9 Å². The van der Waals surface area contributed by atoms with E-state index >= 15 is 0 Å². The average Bonchev–Trinajstić information content (AvgIpc) is 3.06. The fourth-order valence-electron chi connectivity index (χ4n) is 3.12. The van der Waals surface area contributed by atoms with Crippen LogP contribution >= 0.6 is 23.2 Å². The predicted octanol–water partition coefficient (Wildman–Crippen LogP) is 5.86. The molecule has 0 aliphatic carbocycles. The molecule has 0 saturated carbocycles. The summed E-state index contributed by atoms with van der Waals surface area (Å²) in [4.78, 5) is 5.90. The van der Waals surface area contributed by atoms with Crippen LogP contribution in [0.5, 0.6) is 0 Å². The molecule has 0 spiro atoms. The molecule has 1 aromatic rings. The molecule has 2 aliphatic rings. The zero-order valence-electron chi connectivity index (χ0n) is 17.1. The largest absolute Gasteiger partial charge is 0.451 e. The van der Waals surface area contributed by atoms with Gasteiger partial charge in [0.05, 0.1) is 33.4 Å². The van der Waals surface area contributed by atoms with Crippen LogP contribution in [-0.4, -0.2) is 36.6 Å². The molecule has 2 heterocycles. The standard InChI is InChI=1S/C19H12Cl2F9N5/c1-2-3-4-5-31-15-11-13(18(25,26)27)32-16(19(28,29)30)33-14(11)34-35(15)12-9(20)6-8(7-10(12)21)17(22,23)24/h6-7,14,31,34H,2,5H2,1H3. The highest BCUT2D eigenvalue weighted by Crippen LogP contribution is 2.44. The van der Waals surface area contributed by atoms with Crippen molar-refractivity contribution in [2.75, 3.05) is 11.6 Å². The number of hydrazine groups is 1. The second-order valence-electron chi connectivity index (χ2n) is 6.88. The van der Waals surface area contributed by atoms with Crippen LogP contribution in [-0.2, 0) is 6.18 Å². The third-order valence-electron chi connectivity index (χ3n) is 4.46. The molecule has 1 unspecified atom stereocenters. The number of nitrogens with one attached hydrogen (secondary N) is 2. The van der Waals surface area contributed by atoms with E-state index in [4.69, 9.17) is 23.2 Å². The number of hydrogen-bond acceptors (Lipinski definition) is 5. The number of halogens is 11. The molecule has 2 aliphatic heterocycles. The summed E-state index contributed by atoms with van der Waals surface area (Å²) in [6.07, 6.45) is -17.1. The topological polar surface area (TPSA) is 52.0 Å². The third kappa shape index (κ3) is 5.62. The number of alkyl halides is 9. The maximum absolute atomic E-state index is 13.8. The Morgan fingerprint density at radius 2 is 1.57 bits per heavy atom. The number of amidine groups is 1. The Kier molecular flexibility index (Phi) is 7.27. The molecular formula is C19H12Cl2F9N5. The summed E-state index contributed by atoms with van der Waals surface area (Å²) in [6, 6.07) is 0.934. The van der Waals surface area contributed by atoms with Crippen LogP contribution in [0.1, 0.15) is 18.9 Å². The first kappa shape index (κ1) is 27.0. The van der Waals surface area contributed by atoms with E-state index in [9.17, 15) is 39.5 Å². The van der Waals surface area contributed by atoms with Crippen LogP contribution in [0.4, 0.5) is 45.2 Å². The van der Waals surface area contributed by atoms with Crippen molar-refractivity contribution in [2.24, 2.45) is 9.98 Å². The molecule has 2 N–H and O–H groups in total. The number of nitrogens with zero attached hydrogens (tertiary/aromatic N) is 3. The van der Waals surface area contributed by atoms with Gasteiger partial charge in [0.25, 0.3) is 0 Å². The van der Waals surface area contributed by atoms with Crippen LogP contribution < -0.4 is 15.8 Å². The summed E-state index contributed by atoms with van der Waals surface area (Å²) in [5, 5.41) is 1.91. The molecule has 0 bridgehead atoms. The molecule has 0 radical (unpaired) electrons. The minimum atomic E-state index is -5.35. The van der Waals surface area contributed by atoms with Gasteiger partial charge in [-0.05, 0) is 12.1 Å². The lowest BCUT2D eigenvalue weighted by atomic mass is 10.1. The van der Waals surface area contributed by atoms with Crippen molar-refractivity contribution in [1.82, 2.24) is 10.7 Å². The molecule has 0 amide bonds. The van der Waals surface area contributed by atoms with Gasteiger partial charge in [0.15, 0.2) is 5.71 Å². The number of fused-ring (bicyclic) bond motifs is 1. The number of anilines is 1. The smallest absolute Gasteiger partial charge is 0.359 e. The maximum Gasteiger partial charge on any atom is 0.451 e. The lowest BCUT2D eigenvalue weighted by Crippen LogP contribution is -2.43. The highest BCUT2D eigenvalue weighted by atomic mass is 35.5. The van der Waals surface area contributed by atoms with Crippen LogP contribution in [0.3, 0.4) is 0 Å². The van der Waals surface area contributed by atoms with Crippen LogP contribution in [0.25, 0.3) is 0 Å². The number of benzene rings is 1. The van der Waals surface area contributed by atoms with Gasteiger partial charge in [-0.3, -0.25) is 5.01 Å². The van der Waals surface area contributed by atoms with Crippen molar-refractivity contribution in [3.63, 3.8) is 0 Å². The Morgan fingerprint density at radius 3 is 2.06 bits per heavy atom. The lowest BCUT2D eigenvalue weighted by molar-refractivity contribution is -0.137. The minimum absolute atomic E-state index is 0.283. The minimum Gasteiger partial charge on any atom is -0.359 e. The molecular weight excluding hydrogens is 540 g/mol. The predicted molar refractivity (Wildman–Crippen MR) is 111 cm³/mol. The summed E-state index contributed by atoms with van der Waals surface area (Å²) >= 11 is 12.0. The molecule has 0 saturated heterocycles. The van der Waals surface area contributed by atoms with Crippen molar-refractivity contribution >= 4 is 40.4 Å². The van der Waals surface area contributed by atoms with Crippen LogP contribution in [0.2, 0.25) is 10.0 Å². The first-order valence-electron chi connectivity index (χ1n) is 9.43. The van der Waals surface area contributed by atoms with Crippen molar-refractivity contribution in [1.29, 1.82) is 0 Å². The SMILES string of the molecule is CCC#CCNC1=C2C(C(F)(F)F)=NC(C(F)(F)F)=NC2NN1c1c(Cl)cc(C(F)(F)F)cc1Cl. The first-order valence-corrected chi connectivity index (χ1v) is 10.2. The summed E-state index contributed by atoms with van der Waals surface area (Å²) in [6.45, 7) is 1.41. The summed E-state index contributed by atoms with van der Waals surface area (Å²) in [7, 11) is 0. The van der Waals surface area contributed by atoms with E-state index in [1.54, 1.807) is 6.92 Å². The van der Waals surface area contributed by atoms with Crippen LogP contribution in [0, 0.1) is 11.8 Å². The van der Waals surface area contributed by atoms with E-state index in [-0.39, 0.29) is 6.54 Å². The van der Waals surface area contributed by atoms with Gasteiger partial charge in [0, 0.05) is 6.42 Å². The van der Waals surface area contributed by atoms with Gasteiger partial charge < -0.3 is 5.32 Å². The second-order valence-corrected chi connectivity index (χ2v) is 7.70. The van der Waals surface area contributed by atoms with Gasteiger partial charge in [-0.25, -0.2) is 9.98 Å². The lowest BCUT2D eigenvalue weighted by Gasteiger charge is -2.26. The quantitative estimate of drug-likeness (QED) is 0.366. The fourth-order valence-corrected chi connectivity index (χ4v) is 3.77. The monoisotopic (exact) mass is 551 g/mol. The summed E-state index contributed by atoms with van der Waals surface area (Å²) in [5.74, 6) is 2.62. The van der Waals surface area contributed by atoms with Gasteiger partial charge in [0.1, 0.15) is 12.0 Å². The van der Waals surface area contributed by atoms with Crippen LogP contribution in [0.15, 0.2) is 33.5 Å². The Labute approximate surface area is 201 Å². The first-order chi connectivity index (χ1) is 16.1. The van der Waals surface area contributed by atoms with Gasteiger partial charge in [-0.15, -0.1) is 5.92 Å².